The Morgan fingerprint density at radius 2 is 2.33 bits per heavy atom. The summed E-state index contributed by atoms with van der Waals surface area (Å²) in [6.45, 7) is 2.34. The molecule has 4 atom stereocenters. The van der Waals surface area contributed by atoms with Crippen molar-refractivity contribution >= 4 is 5.97 Å². The molecule has 86 valence electrons. The van der Waals surface area contributed by atoms with E-state index in [1.54, 1.807) is 6.92 Å². The lowest BCUT2D eigenvalue weighted by Crippen LogP contribution is -2.49. The molecule has 2 saturated heterocycles. The van der Waals surface area contributed by atoms with Crippen LogP contribution in [0.2, 0.25) is 0 Å². The van der Waals surface area contributed by atoms with Crippen LogP contribution in [0.5, 0.6) is 0 Å². The van der Waals surface area contributed by atoms with Crippen molar-refractivity contribution in [3.63, 3.8) is 0 Å². The number of hydrogen-bond donors (Lipinski definition) is 1. The second-order valence-corrected chi connectivity index (χ2v) is 4.25. The largest absolute Gasteiger partial charge is 0.469 e. The molecule has 2 heterocycles. The number of aliphatic hydroxyl groups is 1. The average Bonchev–Trinajstić information content (AvgIpc) is 2.95. The van der Waals surface area contributed by atoms with Crippen LogP contribution >= 0.6 is 0 Å². The number of carbonyl (C=O) groups is 1. The zero-order valence-corrected chi connectivity index (χ0v) is 8.93. The van der Waals surface area contributed by atoms with Crippen LogP contribution in [0.25, 0.3) is 0 Å². The number of carbonyl (C=O) groups excluding carboxylic acids is 1. The van der Waals surface area contributed by atoms with Gasteiger partial charge in [0.2, 0.25) is 0 Å². The molecule has 1 N–H and O–H groups in total. The Bertz CT molecular complexity index is 261. The maximum atomic E-state index is 11.1. The monoisotopic (exact) mass is 216 g/mol. The molecule has 2 rings (SSSR count). The van der Waals surface area contributed by atoms with E-state index in [0.717, 1.165) is 0 Å². The van der Waals surface area contributed by atoms with Crippen LogP contribution in [-0.2, 0) is 19.0 Å². The van der Waals surface area contributed by atoms with Crippen LogP contribution in [0.4, 0.5) is 0 Å². The first-order chi connectivity index (χ1) is 7.07. The van der Waals surface area contributed by atoms with Crippen LogP contribution < -0.4 is 0 Å². The Balaban J connectivity index is 1.96. The quantitative estimate of drug-likeness (QED) is 0.514. The number of hydrogen-bond acceptors (Lipinski definition) is 5. The Morgan fingerprint density at radius 1 is 1.67 bits per heavy atom. The van der Waals surface area contributed by atoms with Gasteiger partial charge in [0.25, 0.3) is 0 Å². The second kappa shape index (κ2) is 3.73. The highest BCUT2D eigenvalue weighted by atomic mass is 16.6. The maximum Gasteiger partial charge on any atom is 0.308 e. The summed E-state index contributed by atoms with van der Waals surface area (Å²) in [5, 5.41) is 9.81. The van der Waals surface area contributed by atoms with E-state index in [4.69, 9.17) is 9.47 Å². The van der Waals surface area contributed by atoms with E-state index < -0.39 is 11.7 Å². The van der Waals surface area contributed by atoms with Crippen molar-refractivity contribution in [2.45, 2.75) is 43.7 Å². The van der Waals surface area contributed by atoms with Crippen LogP contribution in [-0.4, -0.2) is 48.7 Å². The number of methoxy groups -OCH3 is 1. The molecule has 0 unspecified atom stereocenters. The summed E-state index contributed by atoms with van der Waals surface area (Å²) in [6, 6.07) is 0. The van der Waals surface area contributed by atoms with Gasteiger partial charge in [-0.1, -0.05) is 0 Å². The molecule has 15 heavy (non-hydrogen) atoms. The lowest BCUT2D eigenvalue weighted by atomic mass is 9.88. The standard InChI is InChI=1S/C10H16O5/c1-6-9(12)10(5-14-10)4-7(15-6)3-8(11)13-2/h6-7,9,12H,3-5H2,1-2H3/t6-,7-,9-,10-/m1/s1. The van der Waals surface area contributed by atoms with Gasteiger partial charge in [-0.3, -0.25) is 4.79 Å². The molecule has 0 aromatic rings. The lowest BCUT2D eigenvalue weighted by Gasteiger charge is -2.36. The molecule has 0 aromatic heterocycles. The second-order valence-electron chi connectivity index (χ2n) is 4.25. The fraction of sp³-hybridized carbons (Fsp3) is 0.900. The van der Waals surface area contributed by atoms with E-state index in [1.165, 1.54) is 7.11 Å². The molecule has 2 fully saturated rings. The number of rotatable bonds is 2. The lowest BCUT2D eigenvalue weighted by molar-refractivity contribution is -0.162. The average molecular weight is 216 g/mol. The van der Waals surface area contributed by atoms with Crippen molar-refractivity contribution in [3.8, 4) is 0 Å². The predicted molar refractivity (Wildman–Crippen MR) is 50.3 cm³/mol. The Morgan fingerprint density at radius 3 is 2.87 bits per heavy atom. The van der Waals surface area contributed by atoms with E-state index in [0.29, 0.717) is 13.0 Å². The highest BCUT2D eigenvalue weighted by molar-refractivity contribution is 5.69. The molecule has 0 radical (unpaired) electrons. The van der Waals surface area contributed by atoms with E-state index in [9.17, 15) is 9.90 Å². The van der Waals surface area contributed by atoms with Gasteiger partial charge in [0.05, 0.1) is 32.3 Å². The molecule has 5 heteroatoms. The third kappa shape index (κ3) is 2.00. The maximum absolute atomic E-state index is 11.1. The summed E-state index contributed by atoms with van der Waals surface area (Å²) in [4.78, 5) is 11.1. The first-order valence-corrected chi connectivity index (χ1v) is 5.12. The van der Waals surface area contributed by atoms with Gasteiger partial charge in [-0.05, 0) is 6.92 Å². The Labute approximate surface area is 88.3 Å². The van der Waals surface area contributed by atoms with Crippen molar-refractivity contribution in [2.75, 3.05) is 13.7 Å². The molecular weight excluding hydrogens is 200 g/mol. The summed E-state index contributed by atoms with van der Waals surface area (Å²) in [7, 11) is 1.35. The number of aliphatic hydroxyl groups excluding tert-OH is 1. The van der Waals surface area contributed by atoms with Crippen molar-refractivity contribution in [3.05, 3.63) is 0 Å². The van der Waals surface area contributed by atoms with Crippen LogP contribution in [0.3, 0.4) is 0 Å². The van der Waals surface area contributed by atoms with Gasteiger partial charge in [-0.2, -0.15) is 0 Å². The van der Waals surface area contributed by atoms with Crippen molar-refractivity contribution in [2.24, 2.45) is 0 Å². The molecule has 1 spiro atoms. The number of esters is 1. The van der Waals surface area contributed by atoms with Gasteiger partial charge >= 0.3 is 5.97 Å². The highest BCUT2D eigenvalue weighted by Gasteiger charge is 2.57. The Hall–Kier alpha value is -0.650. The SMILES string of the molecule is COC(=O)C[C@@H]1C[C@@]2(CO2)[C@H](O)[C@@H](C)O1. The molecule has 0 aromatic carbocycles. The molecule has 0 bridgehead atoms. The van der Waals surface area contributed by atoms with E-state index in [1.807, 2.05) is 0 Å². The smallest absolute Gasteiger partial charge is 0.308 e. The minimum atomic E-state index is -0.591. The van der Waals surface area contributed by atoms with Gasteiger partial charge in [-0.25, -0.2) is 0 Å². The summed E-state index contributed by atoms with van der Waals surface area (Å²) in [5.41, 5.74) is -0.462. The van der Waals surface area contributed by atoms with Gasteiger partial charge in [0.15, 0.2) is 0 Å². The fourth-order valence-electron chi connectivity index (χ4n) is 2.13. The minimum Gasteiger partial charge on any atom is -0.469 e. The molecule has 0 amide bonds. The third-order valence-corrected chi connectivity index (χ3v) is 3.10. The van der Waals surface area contributed by atoms with E-state index in [2.05, 4.69) is 4.74 Å². The Kier molecular flexibility index (Phi) is 2.70. The molecule has 5 nitrogen and oxygen atoms in total. The highest BCUT2D eigenvalue weighted by Crippen LogP contribution is 2.42. The molecule has 2 aliphatic heterocycles. The third-order valence-electron chi connectivity index (χ3n) is 3.10. The summed E-state index contributed by atoms with van der Waals surface area (Å²) >= 11 is 0. The zero-order valence-electron chi connectivity index (χ0n) is 8.93. The predicted octanol–water partition coefficient (Wildman–Crippen LogP) is -0.143. The molecular formula is C10H16O5. The minimum absolute atomic E-state index is 0.210. The number of epoxide rings is 1. The van der Waals surface area contributed by atoms with Gasteiger partial charge in [0.1, 0.15) is 11.7 Å². The summed E-state index contributed by atoms with van der Waals surface area (Å²) in [5.74, 6) is -0.292. The van der Waals surface area contributed by atoms with Crippen molar-refractivity contribution < 1.29 is 24.1 Å². The van der Waals surface area contributed by atoms with Crippen molar-refractivity contribution in [1.29, 1.82) is 0 Å². The van der Waals surface area contributed by atoms with E-state index in [-0.39, 0.29) is 24.6 Å². The van der Waals surface area contributed by atoms with Crippen LogP contribution in [0.1, 0.15) is 19.8 Å². The van der Waals surface area contributed by atoms with Crippen LogP contribution in [0, 0.1) is 0 Å². The van der Waals surface area contributed by atoms with Crippen molar-refractivity contribution in [1.82, 2.24) is 0 Å². The molecule has 0 aliphatic carbocycles. The first kappa shape index (κ1) is 10.9. The normalized spacial score (nSPS) is 44.1. The van der Waals surface area contributed by atoms with E-state index >= 15 is 0 Å². The first-order valence-electron chi connectivity index (χ1n) is 5.12. The topological polar surface area (TPSA) is 68.3 Å². The number of ether oxygens (including phenoxy) is 3. The summed E-state index contributed by atoms with van der Waals surface area (Å²) < 4.78 is 15.4. The van der Waals surface area contributed by atoms with Gasteiger partial charge in [0, 0.05) is 6.42 Å². The molecule has 0 saturated carbocycles. The van der Waals surface area contributed by atoms with Gasteiger partial charge < -0.3 is 19.3 Å². The van der Waals surface area contributed by atoms with Gasteiger partial charge in [-0.15, -0.1) is 0 Å². The molecule has 2 aliphatic rings. The summed E-state index contributed by atoms with van der Waals surface area (Å²) in [6.07, 6.45) is -0.313. The van der Waals surface area contributed by atoms with Crippen LogP contribution in [0.15, 0.2) is 0 Å². The fourth-order valence-corrected chi connectivity index (χ4v) is 2.13. The zero-order chi connectivity index (χ0) is 11.1.